The third kappa shape index (κ3) is 3.44. The largest absolute Gasteiger partial charge is 0.506 e. The molecule has 100 valence electrons. The van der Waals surface area contributed by atoms with Crippen molar-refractivity contribution >= 4 is 40.5 Å². The molecule has 0 saturated carbocycles. The van der Waals surface area contributed by atoms with Gasteiger partial charge in [0.25, 0.3) is 0 Å². The molecule has 2 aromatic carbocycles. The Labute approximate surface area is 124 Å². The van der Waals surface area contributed by atoms with E-state index in [0.717, 1.165) is 0 Å². The van der Waals surface area contributed by atoms with Crippen molar-refractivity contribution in [1.82, 2.24) is 0 Å². The summed E-state index contributed by atoms with van der Waals surface area (Å²) in [4.78, 5) is 0. The van der Waals surface area contributed by atoms with Crippen molar-refractivity contribution < 1.29 is 9.50 Å². The fourth-order valence-corrected chi connectivity index (χ4v) is 2.27. The normalized spacial score (nSPS) is 10.5. The molecule has 2 N–H and O–H groups in total. The molecule has 2 rings (SSSR count). The van der Waals surface area contributed by atoms with E-state index in [1.54, 1.807) is 12.1 Å². The summed E-state index contributed by atoms with van der Waals surface area (Å²) in [6.45, 7) is 0.185. The van der Waals surface area contributed by atoms with Gasteiger partial charge in [-0.05, 0) is 30.3 Å². The maximum absolute atomic E-state index is 13.6. The Kier molecular flexibility index (Phi) is 4.40. The Morgan fingerprint density at radius 2 is 1.79 bits per heavy atom. The van der Waals surface area contributed by atoms with Gasteiger partial charge in [-0.15, -0.1) is 0 Å². The summed E-state index contributed by atoms with van der Waals surface area (Å²) in [5.41, 5.74) is 0.756. The number of aromatic hydroxyl groups is 1. The van der Waals surface area contributed by atoms with E-state index < -0.39 is 5.82 Å². The second-order valence-electron chi connectivity index (χ2n) is 3.87. The number of hydrogen-bond donors (Lipinski definition) is 2. The molecule has 0 radical (unpaired) electrons. The lowest BCUT2D eigenvalue weighted by Crippen LogP contribution is -2.02. The smallest absolute Gasteiger partial charge is 0.147 e. The number of halogens is 4. The lowest BCUT2D eigenvalue weighted by atomic mass is 10.2. The van der Waals surface area contributed by atoms with Gasteiger partial charge >= 0.3 is 0 Å². The van der Waals surface area contributed by atoms with Crippen LogP contribution in [0.15, 0.2) is 30.3 Å². The first-order valence-corrected chi connectivity index (χ1v) is 6.46. The summed E-state index contributed by atoms with van der Waals surface area (Å²) in [6.07, 6.45) is 0. The molecule has 6 heteroatoms. The Bertz CT molecular complexity index is 619. The standard InChI is InChI=1S/C13H9Cl3FNO/c14-8-1-2-12(11(17)5-8)18-6-7-3-9(15)4-10(16)13(7)19/h1-5,18-19H,6H2. The second kappa shape index (κ2) is 5.87. The average molecular weight is 321 g/mol. The highest BCUT2D eigenvalue weighted by atomic mass is 35.5. The van der Waals surface area contributed by atoms with E-state index in [9.17, 15) is 9.50 Å². The Morgan fingerprint density at radius 3 is 2.47 bits per heavy atom. The Balaban J connectivity index is 2.19. The van der Waals surface area contributed by atoms with Crippen LogP contribution in [0.25, 0.3) is 0 Å². The van der Waals surface area contributed by atoms with Gasteiger partial charge in [0.1, 0.15) is 11.6 Å². The number of anilines is 1. The number of benzene rings is 2. The summed E-state index contributed by atoms with van der Waals surface area (Å²) in [7, 11) is 0. The van der Waals surface area contributed by atoms with Crippen LogP contribution in [-0.2, 0) is 6.54 Å². The maximum Gasteiger partial charge on any atom is 0.147 e. The van der Waals surface area contributed by atoms with Gasteiger partial charge in [-0.1, -0.05) is 34.8 Å². The molecule has 0 saturated heterocycles. The van der Waals surface area contributed by atoms with Crippen molar-refractivity contribution in [2.75, 3.05) is 5.32 Å². The van der Waals surface area contributed by atoms with Crippen LogP contribution in [0.1, 0.15) is 5.56 Å². The first-order valence-electron chi connectivity index (χ1n) is 5.33. The zero-order valence-corrected chi connectivity index (χ0v) is 11.8. The van der Waals surface area contributed by atoms with Gasteiger partial charge in [-0.25, -0.2) is 4.39 Å². The third-order valence-corrected chi connectivity index (χ3v) is 3.25. The van der Waals surface area contributed by atoms with Gasteiger partial charge < -0.3 is 10.4 Å². The number of phenolic OH excluding ortho intramolecular Hbond substituents is 1. The van der Waals surface area contributed by atoms with E-state index in [0.29, 0.717) is 15.6 Å². The average Bonchev–Trinajstić information content (AvgIpc) is 2.33. The predicted octanol–water partition coefficient (Wildman–Crippen LogP) is 5.10. The van der Waals surface area contributed by atoms with Crippen molar-refractivity contribution in [3.05, 3.63) is 56.8 Å². The molecule has 0 atom stereocenters. The monoisotopic (exact) mass is 319 g/mol. The number of phenols is 1. The molecular weight excluding hydrogens is 312 g/mol. The molecule has 0 aliphatic rings. The summed E-state index contributed by atoms with van der Waals surface area (Å²) in [5, 5.41) is 13.5. The zero-order valence-electron chi connectivity index (χ0n) is 9.55. The molecular formula is C13H9Cl3FNO. The van der Waals surface area contributed by atoms with E-state index in [4.69, 9.17) is 34.8 Å². The number of rotatable bonds is 3. The van der Waals surface area contributed by atoms with Crippen molar-refractivity contribution in [2.45, 2.75) is 6.54 Å². The van der Waals surface area contributed by atoms with E-state index in [1.165, 1.54) is 18.2 Å². The van der Waals surface area contributed by atoms with Crippen molar-refractivity contribution in [1.29, 1.82) is 0 Å². The number of nitrogens with one attached hydrogen (secondary N) is 1. The van der Waals surface area contributed by atoms with Crippen LogP contribution in [0.2, 0.25) is 15.1 Å². The first-order chi connectivity index (χ1) is 8.97. The SMILES string of the molecule is Oc1c(Cl)cc(Cl)cc1CNc1ccc(Cl)cc1F. The van der Waals surface area contributed by atoms with Crippen molar-refractivity contribution in [3.8, 4) is 5.75 Å². The molecule has 0 aromatic heterocycles. The first kappa shape index (κ1) is 14.3. The Hall–Kier alpha value is -1.16. The molecule has 0 aliphatic carbocycles. The van der Waals surface area contributed by atoms with Gasteiger partial charge in [-0.3, -0.25) is 0 Å². The molecule has 0 unspecified atom stereocenters. The Morgan fingerprint density at radius 1 is 1.05 bits per heavy atom. The highest BCUT2D eigenvalue weighted by molar-refractivity contribution is 6.35. The molecule has 2 nitrogen and oxygen atoms in total. The van der Waals surface area contributed by atoms with Gasteiger partial charge in [-0.2, -0.15) is 0 Å². The van der Waals surface area contributed by atoms with Gasteiger partial charge in [0.15, 0.2) is 0 Å². The third-order valence-electron chi connectivity index (χ3n) is 2.51. The topological polar surface area (TPSA) is 32.3 Å². The number of hydrogen-bond acceptors (Lipinski definition) is 2. The highest BCUT2D eigenvalue weighted by Crippen LogP contribution is 2.31. The maximum atomic E-state index is 13.6. The minimum atomic E-state index is -0.472. The van der Waals surface area contributed by atoms with E-state index >= 15 is 0 Å². The zero-order chi connectivity index (χ0) is 14.0. The van der Waals surface area contributed by atoms with Crippen molar-refractivity contribution in [3.63, 3.8) is 0 Å². The second-order valence-corrected chi connectivity index (χ2v) is 5.15. The molecule has 19 heavy (non-hydrogen) atoms. The molecule has 0 spiro atoms. The van der Waals surface area contributed by atoms with Crippen molar-refractivity contribution in [2.24, 2.45) is 0 Å². The quantitative estimate of drug-likeness (QED) is 0.824. The minimum Gasteiger partial charge on any atom is -0.506 e. The lowest BCUT2D eigenvalue weighted by Gasteiger charge is -2.10. The predicted molar refractivity (Wildman–Crippen MR) is 76.9 cm³/mol. The molecule has 0 bridgehead atoms. The van der Waals surface area contributed by atoms with Crippen LogP contribution in [0.5, 0.6) is 5.75 Å². The van der Waals surface area contributed by atoms with Gasteiger partial charge in [0.05, 0.1) is 10.7 Å². The lowest BCUT2D eigenvalue weighted by molar-refractivity contribution is 0.469. The van der Waals surface area contributed by atoms with Gasteiger partial charge in [0, 0.05) is 22.2 Å². The minimum absolute atomic E-state index is 0.0760. The van der Waals surface area contributed by atoms with Crippen LogP contribution in [-0.4, -0.2) is 5.11 Å². The van der Waals surface area contributed by atoms with Gasteiger partial charge in [0.2, 0.25) is 0 Å². The fourth-order valence-electron chi connectivity index (χ4n) is 1.58. The molecule has 0 fully saturated rings. The summed E-state index contributed by atoms with van der Waals surface area (Å²) < 4.78 is 13.6. The van der Waals surface area contributed by atoms with Crippen LogP contribution >= 0.6 is 34.8 Å². The van der Waals surface area contributed by atoms with Crippen LogP contribution in [0.4, 0.5) is 10.1 Å². The molecule has 2 aromatic rings. The van der Waals surface area contributed by atoms with E-state index in [2.05, 4.69) is 5.32 Å². The molecule has 0 heterocycles. The fraction of sp³-hybridized carbons (Fsp3) is 0.0769. The molecule has 0 amide bonds. The van der Waals surface area contributed by atoms with Crippen LogP contribution in [0, 0.1) is 5.82 Å². The van der Waals surface area contributed by atoms with E-state index in [-0.39, 0.29) is 23.0 Å². The summed E-state index contributed by atoms with van der Waals surface area (Å²) >= 11 is 17.3. The van der Waals surface area contributed by atoms with Crippen LogP contribution < -0.4 is 5.32 Å². The van der Waals surface area contributed by atoms with E-state index in [1.807, 2.05) is 0 Å². The summed E-state index contributed by atoms with van der Waals surface area (Å²) in [5.74, 6) is -0.548. The molecule has 0 aliphatic heterocycles. The van der Waals surface area contributed by atoms with Crippen LogP contribution in [0.3, 0.4) is 0 Å². The highest BCUT2D eigenvalue weighted by Gasteiger charge is 2.09. The summed E-state index contributed by atoms with van der Waals surface area (Å²) in [6, 6.07) is 7.28.